The molecule has 0 aliphatic carbocycles. The summed E-state index contributed by atoms with van der Waals surface area (Å²) in [6.45, 7) is 8.09. The number of amides is 1. The van der Waals surface area contributed by atoms with Crippen molar-refractivity contribution in [2.24, 2.45) is 4.99 Å². The number of ether oxygens (including phenoxy) is 2. The van der Waals surface area contributed by atoms with Crippen molar-refractivity contribution < 1.29 is 18.7 Å². The van der Waals surface area contributed by atoms with Crippen LogP contribution >= 0.6 is 0 Å². The molecule has 1 aromatic rings. The van der Waals surface area contributed by atoms with Crippen molar-refractivity contribution >= 4 is 11.9 Å². The zero-order valence-electron chi connectivity index (χ0n) is 18.2. The van der Waals surface area contributed by atoms with Gasteiger partial charge in [-0.15, -0.1) is 0 Å². The molecule has 1 aliphatic heterocycles. The lowest BCUT2D eigenvalue weighted by Gasteiger charge is -2.36. The molecular weight excluding hydrogens is 389 g/mol. The maximum Gasteiger partial charge on any atom is 0.234 e. The van der Waals surface area contributed by atoms with E-state index in [1.807, 2.05) is 6.92 Å². The number of guanidine groups is 1. The van der Waals surface area contributed by atoms with Crippen LogP contribution in [0.15, 0.2) is 23.2 Å². The average Bonchev–Trinajstić information content (AvgIpc) is 2.74. The number of hydrogen-bond acceptors (Lipinski definition) is 5. The molecule has 30 heavy (non-hydrogen) atoms. The fourth-order valence-electron chi connectivity index (χ4n) is 3.25. The van der Waals surface area contributed by atoms with Crippen molar-refractivity contribution in [3.05, 3.63) is 35.1 Å². The molecule has 2 N–H and O–H groups in total. The number of piperazine rings is 1. The molecule has 1 fully saturated rings. The topological polar surface area (TPSA) is 78.4 Å². The van der Waals surface area contributed by atoms with E-state index in [9.17, 15) is 9.18 Å². The van der Waals surface area contributed by atoms with Gasteiger partial charge in [0.2, 0.25) is 5.91 Å². The minimum atomic E-state index is -0.265. The molecule has 1 aliphatic rings. The van der Waals surface area contributed by atoms with Crippen LogP contribution in [0.25, 0.3) is 0 Å². The lowest BCUT2D eigenvalue weighted by molar-refractivity contribution is -0.122. The molecule has 0 radical (unpaired) electrons. The van der Waals surface area contributed by atoms with Crippen molar-refractivity contribution in [2.75, 3.05) is 66.6 Å². The fourth-order valence-corrected chi connectivity index (χ4v) is 3.25. The number of carbonyl (C=O) groups excluding carboxylic acids is 1. The number of hydrogen-bond donors (Lipinski definition) is 2. The van der Waals surface area contributed by atoms with E-state index in [1.54, 1.807) is 26.4 Å². The van der Waals surface area contributed by atoms with E-state index >= 15 is 0 Å². The molecule has 0 atom stereocenters. The molecule has 0 saturated carbocycles. The number of nitrogens with zero attached hydrogens (tertiary/aromatic N) is 3. The number of halogens is 1. The summed E-state index contributed by atoms with van der Waals surface area (Å²) in [6.07, 6.45) is 0. The van der Waals surface area contributed by atoms with Crippen LogP contribution in [0.5, 0.6) is 0 Å². The quantitative estimate of drug-likeness (QED) is 0.330. The molecular formula is C21H34FN5O3. The molecule has 1 aromatic carbocycles. The maximum absolute atomic E-state index is 13.8. The smallest absolute Gasteiger partial charge is 0.234 e. The number of aliphatic imine (C=N–C) groups is 1. The Labute approximate surface area is 178 Å². The van der Waals surface area contributed by atoms with Crippen LogP contribution in [0.4, 0.5) is 4.39 Å². The highest BCUT2D eigenvalue weighted by Gasteiger charge is 2.21. The molecule has 0 unspecified atom stereocenters. The highest BCUT2D eigenvalue weighted by atomic mass is 19.1. The van der Waals surface area contributed by atoms with Crippen LogP contribution in [0.2, 0.25) is 0 Å². The van der Waals surface area contributed by atoms with Crippen LogP contribution in [0.3, 0.4) is 0 Å². The van der Waals surface area contributed by atoms with Gasteiger partial charge in [-0.1, -0.05) is 6.07 Å². The summed E-state index contributed by atoms with van der Waals surface area (Å²) in [6, 6.07) is 5.01. The lowest BCUT2D eigenvalue weighted by Crippen LogP contribution is -2.54. The summed E-state index contributed by atoms with van der Waals surface area (Å²) in [4.78, 5) is 21.0. The maximum atomic E-state index is 13.8. The van der Waals surface area contributed by atoms with Gasteiger partial charge in [0.05, 0.1) is 26.3 Å². The van der Waals surface area contributed by atoms with Gasteiger partial charge in [-0.25, -0.2) is 9.38 Å². The third kappa shape index (κ3) is 7.89. The van der Waals surface area contributed by atoms with Gasteiger partial charge in [-0.05, 0) is 24.6 Å². The Balaban J connectivity index is 1.89. The third-order valence-corrected chi connectivity index (χ3v) is 4.82. The highest BCUT2D eigenvalue weighted by Crippen LogP contribution is 2.13. The standard InChI is InChI=1S/C21H34FN5O3/c1-4-23-21(25-14-17-5-6-19(22)18(13-17)16-30-3)27-10-8-26(9-11-27)15-20(28)24-7-12-29-2/h5-6,13H,4,7-12,14-16H2,1-3H3,(H,23,25)(H,24,28). The van der Waals surface area contributed by atoms with Crippen LogP contribution < -0.4 is 10.6 Å². The Hall–Kier alpha value is -2.23. The molecule has 168 valence electrons. The average molecular weight is 424 g/mol. The van der Waals surface area contributed by atoms with Crippen molar-refractivity contribution in [1.29, 1.82) is 0 Å². The number of benzene rings is 1. The van der Waals surface area contributed by atoms with Gasteiger partial charge in [-0.3, -0.25) is 9.69 Å². The van der Waals surface area contributed by atoms with Crippen LogP contribution in [-0.2, 0) is 27.4 Å². The van der Waals surface area contributed by atoms with Crippen molar-refractivity contribution in [1.82, 2.24) is 20.4 Å². The predicted octanol–water partition coefficient (Wildman–Crippen LogP) is 0.818. The first-order chi connectivity index (χ1) is 14.6. The summed E-state index contributed by atoms with van der Waals surface area (Å²) >= 11 is 0. The Morgan fingerprint density at radius 3 is 2.60 bits per heavy atom. The van der Waals surface area contributed by atoms with Gasteiger partial charge in [0, 0.05) is 59.1 Å². The minimum Gasteiger partial charge on any atom is -0.383 e. The van der Waals surface area contributed by atoms with E-state index in [1.165, 1.54) is 6.07 Å². The zero-order chi connectivity index (χ0) is 21.8. The molecule has 1 saturated heterocycles. The van der Waals surface area contributed by atoms with E-state index in [0.29, 0.717) is 31.8 Å². The highest BCUT2D eigenvalue weighted by molar-refractivity contribution is 5.80. The van der Waals surface area contributed by atoms with Gasteiger partial charge in [0.1, 0.15) is 5.82 Å². The van der Waals surface area contributed by atoms with Gasteiger partial charge in [0.15, 0.2) is 5.96 Å². The first kappa shape index (κ1) is 24.0. The van der Waals surface area contributed by atoms with Crippen LogP contribution in [0.1, 0.15) is 18.1 Å². The lowest BCUT2D eigenvalue weighted by atomic mass is 10.1. The van der Waals surface area contributed by atoms with Gasteiger partial charge in [-0.2, -0.15) is 0 Å². The van der Waals surface area contributed by atoms with E-state index < -0.39 is 0 Å². The SMILES string of the molecule is CCNC(=NCc1ccc(F)c(COC)c1)N1CCN(CC(=O)NCCOC)CC1. The first-order valence-corrected chi connectivity index (χ1v) is 10.3. The monoisotopic (exact) mass is 423 g/mol. The Morgan fingerprint density at radius 2 is 1.93 bits per heavy atom. The molecule has 0 spiro atoms. The number of rotatable bonds is 10. The Bertz CT molecular complexity index is 693. The molecule has 1 heterocycles. The van der Waals surface area contributed by atoms with Crippen LogP contribution in [-0.4, -0.2) is 88.3 Å². The number of nitrogens with one attached hydrogen (secondary N) is 2. The zero-order valence-corrected chi connectivity index (χ0v) is 18.2. The summed E-state index contributed by atoms with van der Waals surface area (Å²) in [5.74, 6) is 0.586. The van der Waals surface area contributed by atoms with E-state index in [-0.39, 0.29) is 18.3 Å². The van der Waals surface area contributed by atoms with E-state index in [4.69, 9.17) is 14.5 Å². The van der Waals surface area contributed by atoms with E-state index in [0.717, 1.165) is 44.2 Å². The molecule has 1 amide bonds. The second kappa shape index (κ2) is 13.1. The molecule has 9 heteroatoms. The number of methoxy groups -OCH3 is 2. The Morgan fingerprint density at radius 1 is 1.17 bits per heavy atom. The predicted molar refractivity (Wildman–Crippen MR) is 115 cm³/mol. The fraction of sp³-hybridized carbons (Fsp3) is 0.619. The summed E-state index contributed by atoms with van der Waals surface area (Å²) in [5.41, 5.74) is 1.47. The van der Waals surface area contributed by atoms with Gasteiger partial charge < -0.3 is 25.0 Å². The molecule has 0 bridgehead atoms. The van der Waals surface area contributed by atoms with Crippen molar-refractivity contribution in [3.63, 3.8) is 0 Å². The normalized spacial score (nSPS) is 15.3. The summed E-state index contributed by atoms with van der Waals surface area (Å²) < 4.78 is 23.8. The number of carbonyl (C=O) groups is 1. The van der Waals surface area contributed by atoms with Crippen molar-refractivity contribution in [3.8, 4) is 0 Å². The van der Waals surface area contributed by atoms with Crippen molar-refractivity contribution in [2.45, 2.75) is 20.1 Å². The molecule has 2 rings (SSSR count). The second-order valence-electron chi connectivity index (χ2n) is 7.13. The Kier molecular flexibility index (Phi) is 10.5. The van der Waals surface area contributed by atoms with Gasteiger partial charge >= 0.3 is 0 Å². The summed E-state index contributed by atoms with van der Waals surface area (Å²) in [7, 11) is 3.17. The largest absolute Gasteiger partial charge is 0.383 e. The third-order valence-electron chi connectivity index (χ3n) is 4.82. The van der Waals surface area contributed by atoms with Crippen LogP contribution in [0, 0.1) is 5.82 Å². The summed E-state index contributed by atoms with van der Waals surface area (Å²) in [5, 5.41) is 6.18. The first-order valence-electron chi connectivity index (χ1n) is 10.3. The van der Waals surface area contributed by atoms with Gasteiger partial charge in [0.25, 0.3) is 0 Å². The molecule has 8 nitrogen and oxygen atoms in total. The minimum absolute atomic E-state index is 0.0178. The molecule has 0 aromatic heterocycles. The van der Waals surface area contributed by atoms with E-state index in [2.05, 4.69) is 20.4 Å². The second-order valence-corrected chi connectivity index (χ2v) is 7.13.